The summed E-state index contributed by atoms with van der Waals surface area (Å²) in [6.45, 7) is 1.91. The minimum Gasteiger partial charge on any atom is -0.461 e. The van der Waals surface area contributed by atoms with Crippen molar-refractivity contribution in [3.8, 4) is 0 Å². The van der Waals surface area contributed by atoms with E-state index in [1.54, 1.807) is 31.2 Å². The number of benzene rings is 1. The number of ether oxygens (including phenoxy) is 1. The Morgan fingerprint density at radius 1 is 1.43 bits per heavy atom. The van der Waals surface area contributed by atoms with E-state index in [0.29, 0.717) is 5.69 Å². The lowest BCUT2D eigenvalue weighted by Crippen LogP contribution is -2.47. The number of amides is 2. The van der Waals surface area contributed by atoms with Crippen LogP contribution in [0.15, 0.2) is 33.8 Å². The van der Waals surface area contributed by atoms with Gasteiger partial charge in [-0.05, 0) is 25.1 Å². The number of halogens is 1. The number of hydrogen-bond acceptors (Lipinski definition) is 6. The number of imide groups is 1. The molecule has 0 aromatic heterocycles. The average Bonchev–Trinajstić information content (AvgIpc) is 3.02. The van der Waals surface area contributed by atoms with Crippen molar-refractivity contribution in [2.45, 2.75) is 25.3 Å². The molecular weight excluding hydrogens is 366 g/mol. The molecule has 1 aromatic carbocycles. The molecule has 2 aliphatic rings. The van der Waals surface area contributed by atoms with Crippen LogP contribution in [0.3, 0.4) is 0 Å². The van der Waals surface area contributed by atoms with E-state index in [9.17, 15) is 14.4 Å². The number of nitrogens with zero attached hydrogens (tertiary/aromatic N) is 2. The highest BCUT2D eigenvalue weighted by Crippen LogP contribution is 2.35. The number of esters is 1. The standard InChI is InChI=1S/C15H14BrN3O4/c1-2-23-13(21)11-7-15(18-17-11)8-12(20)19(14(15)22)10-5-3-4-9(16)6-10/h3-6,18H,2,7-8H2,1H3. The summed E-state index contributed by atoms with van der Waals surface area (Å²) in [5, 5.41) is 3.90. The Morgan fingerprint density at radius 2 is 2.22 bits per heavy atom. The Kier molecular flexibility index (Phi) is 3.93. The lowest BCUT2D eigenvalue weighted by atomic mass is 9.93. The molecule has 0 radical (unpaired) electrons. The minimum atomic E-state index is -1.19. The SMILES string of the molecule is CCOC(=O)C1=NNC2(CC(=O)N(c3cccc(Br)c3)C2=O)C1. The minimum absolute atomic E-state index is 0.0426. The van der Waals surface area contributed by atoms with Gasteiger partial charge in [0.15, 0.2) is 0 Å². The summed E-state index contributed by atoms with van der Waals surface area (Å²) in [6, 6.07) is 6.92. The van der Waals surface area contributed by atoms with Gasteiger partial charge in [-0.2, -0.15) is 5.10 Å². The first-order valence-electron chi connectivity index (χ1n) is 7.10. The largest absolute Gasteiger partial charge is 0.461 e. The van der Waals surface area contributed by atoms with Crippen molar-refractivity contribution in [3.63, 3.8) is 0 Å². The molecule has 120 valence electrons. The van der Waals surface area contributed by atoms with E-state index < -0.39 is 17.4 Å². The molecule has 1 saturated heterocycles. The van der Waals surface area contributed by atoms with Crippen LogP contribution in [0, 0.1) is 0 Å². The number of rotatable bonds is 3. The highest BCUT2D eigenvalue weighted by Gasteiger charge is 2.56. The molecule has 1 unspecified atom stereocenters. The fourth-order valence-electron chi connectivity index (χ4n) is 2.71. The number of nitrogens with one attached hydrogen (secondary N) is 1. The van der Waals surface area contributed by atoms with Crippen LogP contribution in [-0.2, 0) is 19.1 Å². The number of anilines is 1. The van der Waals surface area contributed by atoms with Gasteiger partial charge in [-0.25, -0.2) is 9.69 Å². The Morgan fingerprint density at radius 3 is 2.91 bits per heavy atom. The second-order valence-electron chi connectivity index (χ2n) is 5.34. The summed E-state index contributed by atoms with van der Waals surface area (Å²) in [6.07, 6.45) is -0.00827. The van der Waals surface area contributed by atoms with Crippen molar-refractivity contribution in [2.75, 3.05) is 11.5 Å². The molecule has 3 rings (SSSR count). The molecule has 1 aromatic rings. The normalized spacial score (nSPS) is 23.2. The van der Waals surface area contributed by atoms with Gasteiger partial charge in [0.1, 0.15) is 11.3 Å². The molecule has 2 aliphatic heterocycles. The van der Waals surface area contributed by atoms with E-state index in [2.05, 4.69) is 26.5 Å². The highest BCUT2D eigenvalue weighted by molar-refractivity contribution is 9.10. The van der Waals surface area contributed by atoms with Gasteiger partial charge in [-0.3, -0.25) is 15.0 Å². The van der Waals surface area contributed by atoms with E-state index in [0.717, 1.165) is 9.37 Å². The number of carbonyl (C=O) groups is 3. The predicted molar refractivity (Wildman–Crippen MR) is 85.8 cm³/mol. The van der Waals surface area contributed by atoms with E-state index in [-0.39, 0.29) is 31.1 Å². The first-order chi connectivity index (χ1) is 11.0. The second-order valence-corrected chi connectivity index (χ2v) is 6.26. The molecule has 1 fully saturated rings. The van der Waals surface area contributed by atoms with Gasteiger partial charge in [0, 0.05) is 10.9 Å². The van der Waals surface area contributed by atoms with Crippen molar-refractivity contribution < 1.29 is 19.1 Å². The van der Waals surface area contributed by atoms with E-state index in [4.69, 9.17) is 4.74 Å². The first kappa shape index (κ1) is 15.7. The number of carbonyl (C=O) groups excluding carboxylic acids is 3. The molecule has 0 bridgehead atoms. The molecule has 0 saturated carbocycles. The van der Waals surface area contributed by atoms with E-state index in [1.165, 1.54) is 0 Å². The first-order valence-corrected chi connectivity index (χ1v) is 7.90. The predicted octanol–water partition coefficient (Wildman–Crippen LogP) is 1.36. The van der Waals surface area contributed by atoms with Crippen LogP contribution >= 0.6 is 15.9 Å². The van der Waals surface area contributed by atoms with Crippen LogP contribution in [0.25, 0.3) is 0 Å². The Balaban J connectivity index is 1.84. The van der Waals surface area contributed by atoms with Gasteiger partial charge in [-0.15, -0.1) is 0 Å². The molecule has 8 heteroatoms. The zero-order valence-electron chi connectivity index (χ0n) is 12.3. The summed E-state index contributed by atoms with van der Waals surface area (Å²) in [7, 11) is 0. The van der Waals surface area contributed by atoms with Crippen LogP contribution in [-0.4, -0.2) is 35.6 Å². The van der Waals surface area contributed by atoms with Gasteiger partial charge in [0.2, 0.25) is 5.91 Å². The van der Waals surface area contributed by atoms with Gasteiger partial charge in [0.05, 0.1) is 18.7 Å². The highest BCUT2D eigenvalue weighted by atomic mass is 79.9. The summed E-state index contributed by atoms with van der Waals surface area (Å²) >= 11 is 3.32. The maximum atomic E-state index is 12.8. The molecule has 2 heterocycles. The topological polar surface area (TPSA) is 88.1 Å². The quantitative estimate of drug-likeness (QED) is 0.632. The molecule has 7 nitrogen and oxygen atoms in total. The maximum absolute atomic E-state index is 12.8. The Labute approximate surface area is 140 Å². The molecule has 1 N–H and O–H groups in total. The fraction of sp³-hybridized carbons (Fsp3) is 0.333. The molecule has 1 atom stereocenters. The number of hydrazone groups is 1. The summed E-state index contributed by atoms with van der Waals surface area (Å²) in [5.41, 5.74) is 2.10. The molecular formula is C15H14BrN3O4. The van der Waals surface area contributed by atoms with Crippen molar-refractivity contribution in [1.82, 2.24) is 5.43 Å². The monoisotopic (exact) mass is 379 g/mol. The van der Waals surface area contributed by atoms with Crippen molar-refractivity contribution >= 4 is 45.1 Å². The third kappa shape index (κ3) is 2.63. The molecule has 0 aliphatic carbocycles. The summed E-state index contributed by atoms with van der Waals surface area (Å²) < 4.78 is 5.66. The van der Waals surface area contributed by atoms with Gasteiger partial charge in [0.25, 0.3) is 5.91 Å². The zero-order chi connectivity index (χ0) is 16.6. The second kappa shape index (κ2) is 5.77. The average molecular weight is 380 g/mol. The van der Waals surface area contributed by atoms with E-state index in [1.807, 2.05) is 0 Å². The number of hydrogen-bond donors (Lipinski definition) is 1. The van der Waals surface area contributed by atoms with Crippen molar-refractivity contribution in [3.05, 3.63) is 28.7 Å². The van der Waals surface area contributed by atoms with Crippen LogP contribution < -0.4 is 10.3 Å². The molecule has 1 spiro atoms. The van der Waals surface area contributed by atoms with Crippen LogP contribution in [0.4, 0.5) is 5.69 Å². The summed E-state index contributed by atoms with van der Waals surface area (Å²) in [5.74, 6) is -1.32. The van der Waals surface area contributed by atoms with Crippen molar-refractivity contribution in [2.24, 2.45) is 5.10 Å². The van der Waals surface area contributed by atoms with E-state index >= 15 is 0 Å². The van der Waals surface area contributed by atoms with Gasteiger partial charge >= 0.3 is 5.97 Å². The maximum Gasteiger partial charge on any atom is 0.354 e. The molecule has 23 heavy (non-hydrogen) atoms. The van der Waals surface area contributed by atoms with Crippen LogP contribution in [0.2, 0.25) is 0 Å². The van der Waals surface area contributed by atoms with Gasteiger partial charge < -0.3 is 4.74 Å². The lowest BCUT2D eigenvalue weighted by Gasteiger charge is -2.21. The zero-order valence-corrected chi connectivity index (χ0v) is 13.9. The van der Waals surface area contributed by atoms with Gasteiger partial charge in [-0.1, -0.05) is 22.0 Å². The van der Waals surface area contributed by atoms with Crippen molar-refractivity contribution in [1.29, 1.82) is 0 Å². The Hall–Kier alpha value is -2.22. The van der Waals surface area contributed by atoms with Crippen LogP contribution in [0.5, 0.6) is 0 Å². The fourth-order valence-corrected chi connectivity index (χ4v) is 3.10. The van der Waals surface area contributed by atoms with Crippen LogP contribution in [0.1, 0.15) is 19.8 Å². The molecule has 2 amide bonds. The smallest absolute Gasteiger partial charge is 0.354 e. The lowest BCUT2D eigenvalue weighted by molar-refractivity contribution is -0.135. The third-order valence-corrected chi connectivity index (χ3v) is 4.26. The third-order valence-electron chi connectivity index (χ3n) is 3.77. The summed E-state index contributed by atoms with van der Waals surface area (Å²) in [4.78, 5) is 38.0. The Bertz CT molecular complexity index is 733.